The summed E-state index contributed by atoms with van der Waals surface area (Å²) < 4.78 is 11.4. The van der Waals surface area contributed by atoms with Crippen molar-refractivity contribution in [2.75, 3.05) is 13.2 Å². The summed E-state index contributed by atoms with van der Waals surface area (Å²) >= 11 is 0. The summed E-state index contributed by atoms with van der Waals surface area (Å²) in [4.78, 5) is 13.2. The van der Waals surface area contributed by atoms with E-state index in [1.165, 1.54) is 353 Å². The van der Waals surface area contributed by atoms with Gasteiger partial charge in [-0.1, -0.05) is 399 Å². The van der Waals surface area contributed by atoms with Crippen molar-refractivity contribution in [3.8, 4) is 0 Å². The van der Waals surface area contributed by atoms with Crippen LogP contribution < -0.4 is 5.32 Å². The van der Waals surface area contributed by atoms with Crippen LogP contribution in [-0.4, -0.2) is 87.5 Å². The summed E-state index contributed by atoms with van der Waals surface area (Å²) in [6.07, 6.45) is 76.4. The highest BCUT2D eigenvalue weighted by atomic mass is 16.7. The van der Waals surface area contributed by atoms with E-state index >= 15 is 0 Å². The van der Waals surface area contributed by atoms with E-state index in [-0.39, 0.29) is 12.5 Å². The van der Waals surface area contributed by atoms with Crippen molar-refractivity contribution in [1.29, 1.82) is 0 Å². The van der Waals surface area contributed by atoms with Crippen molar-refractivity contribution < 1.29 is 39.8 Å². The normalized spacial score (nSPS) is 18.0. The average molecular weight is 1190 g/mol. The van der Waals surface area contributed by atoms with Gasteiger partial charge in [-0.15, -0.1) is 0 Å². The fourth-order valence-corrected chi connectivity index (χ4v) is 13.0. The second kappa shape index (κ2) is 65.2. The molecule has 1 amide bonds. The zero-order valence-corrected chi connectivity index (χ0v) is 56.5. The van der Waals surface area contributed by atoms with Gasteiger partial charge in [0.1, 0.15) is 24.4 Å². The third-order valence-corrected chi connectivity index (χ3v) is 19.0. The minimum atomic E-state index is -1.55. The predicted octanol–water partition coefficient (Wildman–Crippen LogP) is 21.3. The molecule has 9 nitrogen and oxygen atoms in total. The van der Waals surface area contributed by atoms with Crippen LogP contribution in [0.2, 0.25) is 0 Å². The molecule has 1 heterocycles. The number of rotatable bonds is 69. The van der Waals surface area contributed by atoms with E-state index < -0.39 is 49.5 Å². The highest BCUT2D eigenvalue weighted by Crippen LogP contribution is 2.24. The first-order valence-electron chi connectivity index (χ1n) is 38.2. The van der Waals surface area contributed by atoms with Gasteiger partial charge in [-0.3, -0.25) is 4.79 Å². The monoisotopic (exact) mass is 1190 g/mol. The Morgan fingerprint density at radius 1 is 0.357 bits per heavy atom. The van der Waals surface area contributed by atoms with Crippen LogP contribution >= 0.6 is 0 Å². The number of unbranched alkanes of at least 4 members (excludes halogenated alkanes) is 59. The molecule has 84 heavy (non-hydrogen) atoms. The molecule has 0 radical (unpaired) electrons. The van der Waals surface area contributed by atoms with Gasteiger partial charge >= 0.3 is 0 Å². The first-order valence-corrected chi connectivity index (χ1v) is 38.2. The Kier molecular flexibility index (Phi) is 63.0. The molecular weight excluding hydrogens is 1040 g/mol. The third kappa shape index (κ3) is 53.1. The number of carbonyl (C=O) groups is 1. The lowest BCUT2D eigenvalue weighted by atomic mass is 9.99. The van der Waals surface area contributed by atoms with Gasteiger partial charge in [0.05, 0.1) is 25.4 Å². The number of amides is 1. The van der Waals surface area contributed by atoms with E-state index in [0.717, 1.165) is 38.5 Å². The van der Waals surface area contributed by atoms with E-state index in [1.54, 1.807) is 0 Å². The van der Waals surface area contributed by atoms with Crippen molar-refractivity contribution in [2.24, 2.45) is 0 Å². The van der Waals surface area contributed by atoms with E-state index in [1.807, 2.05) is 0 Å². The van der Waals surface area contributed by atoms with Gasteiger partial charge in [0.25, 0.3) is 0 Å². The molecular formula is C75H149NO8. The van der Waals surface area contributed by atoms with E-state index in [2.05, 4.69) is 19.2 Å². The van der Waals surface area contributed by atoms with Gasteiger partial charge in [-0.2, -0.15) is 0 Å². The molecule has 0 saturated carbocycles. The van der Waals surface area contributed by atoms with Gasteiger partial charge < -0.3 is 40.3 Å². The molecule has 0 bridgehead atoms. The smallest absolute Gasteiger partial charge is 0.220 e. The minimum Gasteiger partial charge on any atom is -0.394 e. The molecule has 0 aromatic heterocycles. The maximum atomic E-state index is 13.2. The average Bonchev–Trinajstić information content (AvgIpc) is 3.70. The zero-order valence-electron chi connectivity index (χ0n) is 56.5. The Bertz CT molecular complexity index is 1290. The summed E-state index contributed by atoms with van der Waals surface area (Å²) in [6, 6.07) is -0.715. The summed E-state index contributed by atoms with van der Waals surface area (Å²) in [5.74, 6) is -0.132. The summed E-state index contributed by atoms with van der Waals surface area (Å²) in [5, 5.41) is 55.0. The minimum absolute atomic E-state index is 0.130. The van der Waals surface area contributed by atoms with Crippen LogP contribution in [0.1, 0.15) is 418 Å². The summed E-state index contributed by atoms with van der Waals surface area (Å²) in [6.45, 7) is 3.91. The van der Waals surface area contributed by atoms with Gasteiger partial charge in [0.2, 0.25) is 5.91 Å². The number of carbonyl (C=O) groups excluding carboxylic acids is 1. The lowest BCUT2D eigenvalue weighted by Crippen LogP contribution is -2.60. The molecule has 0 spiro atoms. The number of nitrogens with one attached hydrogen (secondary N) is 1. The summed E-state index contributed by atoms with van der Waals surface area (Å²) in [5.41, 5.74) is 0. The van der Waals surface area contributed by atoms with Gasteiger partial charge in [0.15, 0.2) is 6.29 Å². The van der Waals surface area contributed by atoms with Crippen LogP contribution in [0, 0.1) is 0 Å². The third-order valence-electron chi connectivity index (χ3n) is 19.0. The van der Waals surface area contributed by atoms with Crippen LogP contribution in [0.3, 0.4) is 0 Å². The van der Waals surface area contributed by atoms with E-state index in [0.29, 0.717) is 12.8 Å². The quantitative estimate of drug-likeness (QED) is 0.0330. The second-order valence-corrected chi connectivity index (χ2v) is 27.2. The SMILES string of the molecule is CCCCCCCCCCCCCCCCCCCCCCCCCCCCCCCCCCCCCCCCCCC(=O)NC(COC1OC(CO)C(O)C(O)C1O)C(O)CCCCCCCCCCCCCCCCCCCCCCC. The molecule has 0 aliphatic carbocycles. The molecule has 7 atom stereocenters. The van der Waals surface area contributed by atoms with Crippen molar-refractivity contribution in [1.82, 2.24) is 5.32 Å². The van der Waals surface area contributed by atoms with E-state index in [9.17, 15) is 30.3 Å². The van der Waals surface area contributed by atoms with Gasteiger partial charge in [-0.25, -0.2) is 0 Å². The molecule has 502 valence electrons. The topological polar surface area (TPSA) is 149 Å². The number of aliphatic hydroxyl groups is 5. The van der Waals surface area contributed by atoms with Crippen LogP contribution in [0.15, 0.2) is 0 Å². The first-order chi connectivity index (χ1) is 41.3. The Labute approximate surface area is 523 Å². The Balaban J connectivity index is 2.01. The standard InChI is InChI=1S/C75H149NO8/c1-3-5-7-9-11-13-15-17-19-21-23-25-26-27-28-29-30-31-32-33-34-35-36-37-38-39-40-41-42-43-45-47-49-51-53-55-57-59-61-63-65-71(79)76-68(67-83-75-74(82)73(81)72(80)70(66-77)84-75)69(78)64-62-60-58-56-54-52-50-48-46-44-24-22-20-18-16-14-12-10-8-6-4-2/h68-70,72-75,77-78,80-82H,3-67H2,1-2H3,(H,76,79). The molecule has 0 aromatic carbocycles. The molecule has 0 aromatic rings. The Morgan fingerprint density at radius 2 is 0.595 bits per heavy atom. The molecule has 1 rings (SSSR count). The highest BCUT2D eigenvalue weighted by Gasteiger charge is 2.44. The number of aliphatic hydroxyl groups excluding tert-OH is 5. The number of ether oxygens (including phenoxy) is 2. The van der Waals surface area contributed by atoms with Crippen LogP contribution in [0.25, 0.3) is 0 Å². The molecule has 1 aliphatic rings. The maximum absolute atomic E-state index is 13.2. The Hall–Kier alpha value is -0.810. The lowest BCUT2D eigenvalue weighted by Gasteiger charge is -2.40. The molecule has 9 heteroatoms. The van der Waals surface area contributed by atoms with Crippen molar-refractivity contribution in [3.63, 3.8) is 0 Å². The Morgan fingerprint density at radius 3 is 0.845 bits per heavy atom. The summed E-state index contributed by atoms with van der Waals surface area (Å²) in [7, 11) is 0. The van der Waals surface area contributed by atoms with Gasteiger partial charge in [0, 0.05) is 6.42 Å². The van der Waals surface area contributed by atoms with Crippen LogP contribution in [0.4, 0.5) is 0 Å². The van der Waals surface area contributed by atoms with Crippen LogP contribution in [0.5, 0.6) is 0 Å². The molecule has 1 saturated heterocycles. The number of hydrogen-bond donors (Lipinski definition) is 6. The number of hydrogen-bond acceptors (Lipinski definition) is 8. The van der Waals surface area contributed by atoms with Gasteiger partial charge in [-0.05, 0) is 12.8 Å². The predicted molar refractivity (Wildman–Crippen MR) is 360 cm³/mol. The molecule has 7 unspecified atom stereocenters. The lowest BCUT2D eigenvalue weighted by molar-refractivity contribution is -0.302. The van der Waals surface area contributed by atoms with Crippen molar-refractivity contribution in [3.05, 3.63) is 0 Å². The van der Waals surface area contributed by atoms with Crippen molar-refractivity contribution in [2.45, 2.75) is 461 Å². The largest absolute Gasteiger partial charge is 0.394 e. The van der Waals surface area contributed by atoms with Crippen LogP contribution in [-0.2, 0) is 14.3 Å². The fraction of sp³-hybridized carbons (Fsp3) is 0.987. The van der Waals surface area contributed by atoms with E-state index in [4.69, 9.17) is 9.47 Å². The zero-order chi connectivity index (χ0) is 60.7. The molecule has 1 fully saturated rings. The highest BCUT2D eigenvalue weighted by molar-refractivity contribution is 5.76. The van der Waals surface area contributed by atoms with Crippen molar-refractivity contribution >= 4 is 5.91 Å². The fourth-order valence-electron chi connectivity index (χ4n) is 13.0. The second-order valence-electron chi connectivity index (χ2n) is 27.2. The maximum Gasteiger partial charge on any atom is 0.220 e. The first kappa shape index (κ1) is 81.2. The molecule has 1 aliphatic heterocycles. The molecule has 6 N–H and O–H groups in total.